The number of esters is 1. The SMILES string of the molecule is CCOC(=O)/C=C/[C@]12C[C@H]3[C@@H]4CC[C@H]([C@H](C)CCCC(C)C)[C@@]4(C)CC[C@@H]3[C@@]1(C)CC[C@@H]2[CH2][Hg][CH3]. The molecule has 0 amide bonds. The van der Waals surface area contributed by atoms with Crippen LogP contribution in [0.3, 0.4) is 0 Å². The van der Waals surface area contributed by atoms with Gasteiger partial charge in [0.1, 0.15) is 0 Å². The van der Waals surface area contributed by atoms with Crippen LogP contribution in [-0.2, 0) is 34.1 Å². The fraction of sp³-hybridized carbons (Fsp3) is 0.906. The van der Waals surface area contributed by atoms with Crippen LogP contribution in [0.4, 0.5) is 0 Å². The van der Waals surface area contributed by atoms with E-state index in [1.165, 1.54) is 68.1 Å². The molecule has 0 radical (unpaired) electrons. The minimum atomic E-state index is -0.756. The van der Waals surface area contributed by atoms with Crippen LogP contribution in [0.1, 0.15) is 106 Å². The topological polar surface area (TPSA) is 26.3 Å². The van der Waals surface area contributed by atoms with E-state index >= 15 is 0 Å². The molecule has 3 heteroatoms. The second kappa shape index (κ2) is 11.1. The number of hydrogen-bond donors (Lipinski definition) is 0. The molecule has 0 aromatic rings. The summed E-state index contributed by atoms with van der Waals surface area (Å²) in [7, 11) is 0. The van der Waals surface area contributed by atoms with Gasteiger partial charge in [-0.2, -0.15) is 0 Å². The molecule has 0 spiro atoms. The molecule has 4 aliphatic carbocycles. The molecule has 4 fully saturated rings. The average molecular weight is 671 g/mol. The molecule has 9 atom stereocenters. The van der Waals surface area contributed by atoms with E-state index in [-0.39, 0.29) is 11.4 Å². The van der Waals surface area contributed by atoms with Crippen LogP contribution >= 0.6 is 0 Å². The third-order valence-electron chi connectivity index (χ3n) is 12.3. The van der Waals surface area contributed by atoms with Crippen LogP contribution in [0.2, 0.25) is 8.36 Å². The van der Waals surface area contributed by atoms with E-state index in [0.29, 0.717) is 17.4 Å². The third-order valence-corrected chi connectivity index (χ3v) is 17.2. The summed E-state index contributed by atoms with van der Waals surface area (Å²) in [4.78, 5) is 12.5. The summed E-state index contributed by atoms with van der Waals surface area (Å²) < 4.78 is 9.45. The monoisotopic (exact) mass is 672 g/mol. The van der Waals surface area contributed by atoms with Crippen LogP contribution in [0.25, 0.3) is 0 Å². The van der Waals surface area contributed by atoms with Gasteiger partial charge < -0.3 is 0 Å². The Morgan fingerprint density at radius 2 is 1.83 bits per heavy atom. The maximum absolute atomic E-state index is 12.5. The second-order valence-electron chi connectivity index (χ2n) is 14.2. The molecule has 0 bridgehead atoms. The van der Waals surface area contributed by atoms with E-state index in [9.17, 15) is 4.79 Å². The molecule has 0 N–H and O–H groups in total. The summed E-state index contributed by atoms with van der Waals surface area (Å²) in [5.74, 6) is 5.97. The van der Waals surface area contributed by atoms with Crippen LogP contribution in [0, 0.1) is 57.7 Å². The number of ether oxygens (including phenoxy) is 1. The van der Waals surface area contributed by atoms with Crippen molar-refractivity contribution >= 4 is 5.97 Å². The molecule has 0 saturated heterocycles. The zero-order chi connectivity index (χ0) is 25.4. The van der Waals surface area contributed by atoms with E-state index < -0.39 is 24.6 Å². The predicted molar refractivity (Wildman–Crippen MR) is 143 cm³/mol. The number of carbonyl (C=O) groups is 1. The Morgan fingerprint density at radius 3 is 2.51 bits per heavy atom. The first-order valence-corrected chi connectivity index (χ1v) is 24.9. The zero-order valence-electron chi connectivity index (χ0n) is 24.2. The van der Waals surface area contributed by atoms with Gasteiger partial charge in [0.2, 0.25) is 0 Å². The molecule has 2 nitrogen and oxygen atoms in total. The van der Waals surface area contributed by atoms with Crippen LogP contribution < -0.4 is 0 Å². The summed E-state index contributed by atoms with van der Waals surface area (Å²) >= 11 is -0.756. The number of allylic oxidation sites excluding steroid dienone is 1. The van der Waals surface area contributed by atoms with Gasteiger partial charge in [0.15, 0.2) is 0 Å². The number of carbonyl (C=O) groups excluding carboxylic acids is 1. The van der Waals surface area contributed by atoms with Crippen molar-refractivity contribution in [2.24, 2.45) is 57.7 Å². The molecular formula is C32H54HgO2. The molecule has 35 heavy (non-hydrogen) atoms. The average Bonchev–Trinajstić information content (AvgIpc) is 3.37. The molecule has 4 saturated carbocycles. The first-order valence-electron chi connectivity index (χ1n) is 15.5. The fourth-order valence-electron chi connectivity index (χ4n) is 10.7. The van der Waals surface area contributed by atoms with Gasteiger partial charge in [-0.3, -0.25) is 0 Å². The first kappa shape index (κ1) is 28.2. The normalized spacial score (nSPS) is 43.1. The molecule has 0 aromatic heterocycles. The number of fused-ring (bicyclic) bond motifs is 5. The minimum absolute atomic E-state index is 0.119. The van der Waals surface area contributed by atoms with Gasteiger partial charge in [0.05, 0.1) is 0 Å². The van der Waals surface area contributed by atoms with Crippen molar-refractivity contribution in [2.45, 2.75) is 114 Å². The summed E-state index contributed by atoms with van der Waals surface area (Å²) in [6, 6.07) is 0. The Bertz CT molecular complexity index is 776. The molecule has 0 aliphatic heterocycles. The summed E-state index contributed by atoms with van der Waals surface area (Å²) in [6.07, 6.45) is 18.5. The Balaban J connectivity index is 1.59. The maximum atomic E-state index is 12.5. The predicted octanol–water partition coefficient (Wildman–Crippen LogP) is 8.98. The second-order valence-corrected chi connectivity index (χ2v) is 20.3. The van der Waals surface area contributed by atoms with Crippen LogP contribution in [0.15, 0.2) is 12.2 Å². The van der Waals surface area contributed by atoms with Crippen molar-refractivity contribution in [3.8, 4) is 0 Å². The Kier molecular flexibility index (Phi) is 8.93. The Morgan fingerprint density at radius 1 is 1.06 bits per heavy atom. The van der Waals surface area contributed by atoms with E-state index in [1.807, 2.05) is 13.0 Å². The van der Waals surface area contributed by atoms with Gasteiger partial charge in [-0.1, -0.05) is 13.8 Å². The molecule has 0 unspecified atom stereocenters. The van der Waals surface area contributed by atoms with Gasteiger partial charge in [-0.25, -0.2) is 0 Å². The molecule has 0 heterocycles. The standard InChI is InChI=1S/C31H51O2.CH3.Hg/c1-8-33-28(32)16-19-31-20-24-26-13-12-25(22(4)11-9-10-21(2)3)29(26,6)17-15-27(24)30(31,7)18-14-23(31)5;;/h16,19,21-27H,5,8-15,17-18,20H2,1-4,6-7H3;1H3;/b19-16+;;/t22-,23+,24+,25-,26+,27+,29-,30-,31-;;/m1../s1. The first-order chi connectivity index (χ1) is 16.6. The van der Waals surface area contributed by atoms with E-state index in [1.54, 1.807) is 0 Å². The molecular weight excluding hydrogens is 617 g/mol. The van der Waals surface area contributed by atoms with Crippen molar-refractivity contribution in [1.29, 1.82) is 0 Å². The van der Waals surface area contributed by atoms with Crippen molar-refractivity contribution < 1.29 is 34.1 Å². The molecule has 4 aliphatic rings. The Labute approximate surface area is 229 Å². The Hall–Kier alpha value is 0.145. The van der Waals surface area contributed by atoms with Gasteiger partial charge in [-0.05, 0) is 5.92 Å². The van der Waals surface area contributed by atoms with E-state index in [4.69, 9.17) is 4.74 Å². The molecule has 196 valence electrons. The third kappa shape index (κ3) is 4.87. The zero-order valence-corrected chi connectivity index (χ0v) is 29.7. The van der Waals surface area contributed by atoms with Crippen LogP contribution in [0.5, 0.6) is 0 Å². The van der Waals surface area contributed by atoms with Gasteiger partial charge in [0.25, 0.3) is 0 Å². The summed E-state index contributed by atoms with van der Waals surface area (Å²) in [5.41, 5.74) is 1.17. The van der Waals surface area contributed by atoms with Gasteiger partial charge in [0, 0.05) is 0 Å². The van der Waals surface area contributed by atoms with Crippen LogP contribution in [-0.4, -0.2) is 12.6 Å². The quantitative estimate of drug-likeness (QED) is 0.132. The van der Waals surface area contributed by atoms with Crippen molar-refractivity contribution in [3.63, 3.8) is 0 Å². The number of hydrogen-bond acceptors (Lipinski definition) is 2. The van der Waals surface area contributed by atoms with Crippen molar-refractivity contribution in [3.05, 3.63) is 12.2 Å². The number of rotatable bonds is 10. The molecule has 4 rings (SSSR count). The fourth-order valence-corrected chi connectivity index (χ4v) is 16.5. The van der Waals surface area contributed by atoms with E-state index in [2.05, 4.69) is 45.1 Å². The van der Waals surface area contributed by atoms with Gasteiger partial charge >= 0.3 is 211 Å². The van der Waals surface area contributed by atoms with Crippen molar-refractivity contribution in [1.82, 2.24) is 0 Å². The summed E-state index contributed by atoms with van der Waals surface area (Å²) in [6.45, 7) is 15.1. The van der Waals surface area contributed by atoms with Crippen molar-refractivity contribution in [2.75, 3.05) is 6.61 Å². The summed E-state index contributed by atoms with van der Waals surface area (Å²) in [5, 5.41) is 0. The molecule has 0 aromatic carbocycles. The van der Waals surface area contributed by atoms with Gasteiger partial charge in [-0.15, -0.1) is 0 Å². The van der Waals surface area contributed by atoms with E-state index in [0.717, 1.165) is 41.4 Å².